The molecule has 162 valence electrons. The Balaban J connectivity index is 1.86. The molecule has 0 aliphatic heterocycles. The molecular formula is C22H22Cl2N4O3. The zero-order valence-corrected chi connectivity index (χ0v) is 18.6. The van der Waals surface area contributed by atoms with Crippen LogP contribution in [0.25, 0.3) is 10.9 Å². The summed E-state index contributed by atoms with van der Waals surface area (Å²) in [6.45, 7) is 4.43. The number of nitrogens with zero attached hydrogens (tertiary/aromatic N) is 1. The van der Waals surface area contributed by atoms with E-state index >= 15 is 0 Å². The molecule has 0 fully saturated rings. The lowest BCUT2D eigenvalue weighted by molar-refractivity contribution is -0.136. The first-order valence-corrected chi connectivity index (χ1v) is 10.5. The van der Waals surface area contributed by atoms with Gasteiger partial charge in [-0.25, -0.2) is 4.68 Å². The van der Waals surface area contributed by atoms with Gasteiger partial charge in [0.2, 0.25) is 0 Å². The molecule has 3 aromatic rings. The first-order valence-electron chi connectivity index (χ1n) is 9.71. The van der Waals surface area contributed by atoms with Crippen molar-refractivity contribution < 1.29 is 14.4 Å². The fourth-order valence-electron chi connectivity index (χ4n) is 2.91. The van der Waals surface area contributed by atoms with Gasteiger partial charge in [0.25, 0.3) is 5.91 Å². The minimum atomic E-state index is -0.878. The topological polar surface area (TPSA) is 92.2 Å². The molecule has 3 rings (SSSR count). The third-order valence-corrected chi connectivity index (χ3v) is 5.01. The van der Waals surface area contributed by atoms with Gasteiger partial charge in [-0.3, -0.25) is 19.8 Å². The Hall–Kier alpha value is -3.03. The number of fused-ring (bicyclic) bond motifs is 1. The van der Waals surface area contributed by atoms with E-state index in [0.717, 1.165) is 6.42 Å². The molecule has 0 spiro atoms. The van der Waals surface area contributed by atoms with Crippen molar-refractivity contribution in [3.63, 3.8) is 0 Å². The number of rotatable bonds is 6. The first kappa shape index (κ1) is 22.7. The largest absolute Gasteiger partial charge is 0.348 e. The van der Waals surface area contributed by atoms with Crippen molar-refractivity contribution in [2.24, 2.45) is 5.92 Å². The van der Waals surface area contributed by atoms with Crippen molar-refractivity contribution in [1.82, 2.24) is 9.99 Å². The van der Waals surface area contributed by atoms with Crippen LogP contribution in [0.1, 0.15) is 30.8 Å². The minimum absolute atomic E-state index is 0.135. The van der Waals surface area contributed by atoms with Gasteiger partial charge in [-0.2, -0.15) is 0 Å². The van der Waals surface area contributed by atoms with Crippen LogP contribution in [0.2, 0.25) is 10.0 Å². The van der Waals surface area contributed by atoms with Crippen molar-refractivity contribution in [1.29, 1.82) is 0 Å². The molecule has 0 saturated carbocycles. The highest BCUT2D eigenvalue weighted by molar-refractivity contribution is 6.38. The molecule has 1 heterocycles. The molecule has 0 unspecified atom stereocenters. The van der Waals surface area contributed by atoms with E-state index in [9.17, 15) is 14.4 Å². The van der Waals surface area contributed by atoms with Crippen LogP contribution in [0.4, 0.5) is 5.69 Å². The summed E-state index contributed by atoms with van der Waals surface area (Å²) in [5.41, 5.74) is 3.69. The Morgan fingerprint density at radius 3 is 2.29 bits per heavy atom. The van der Waals surface area contributed by atoms with Crippen molar-refractivity contribution in [3.8, 4) is 0 Å². The van der Waals surface area contributed by atoms with Gasteiger partial charge in [-0.15, -0.1) is 0 Å². The number of nitrogens with one attached hydrogen (secondary N) is 3. The van der Waals surface area contributed by atoms with Crippen molar-refractivity contribution in [2.45, 2.75) is 20.3 Å². The Labute approximate surface area is 189 Å². The Kier molecular flexibility index (Phi) is 7.20. The molecule has 3 N–H and O–H groups in total. The standard InChI is InChI=1S/C22H22Cl2N4O3/c1-13(2)9-10-25-21(30)22(31)27-28-18-8-5-16(24)11-14(18)12-19(28)20(29)26-17-6-3-15(23)4-7-17/h3-8,11-13H,9-10H2,1-2H3,(H,25,30)(H,26,29)(H,27,31). The van der Waals surface area contributed by atoms with Crippen LogP contribution in [0.3, 0.4) is 0 Å². The number of halogens is 2. The minimum Gasteiger partial charge on any atom is -0.348 e. The molecule has 0 atom stereocenters. The van der Waals surface area contributed by atoms with E-state index in [1.54, 1.807) is 48.5 Å². The van der Waals surface area contributed by atoms with E-state index in [-0.39, 0.29) is 5.69 Å². The second kappa shape index (κ2) is 9.85. The van der Waals surface area contributed by atoms with Gasteiger partial charge in [-0.05, 0) is 60.9 Å². The summed E-state index contributed by atoms with van der Waals surface area (Å²) in [5.74, 6) is -1.74. The summed E-state index contributed by atoms with van der Waals surface area (Å²) in [4.78, 5) is 37.5. The fourth-order valence-corrected chi connectivity index (χ4v) is 3.22. The molecule has 0 aliphatic carbocycles. The molecule has 9 heteroatoms. The van der Waals surface area contributed by atoms with Gasteiger partial charge in [-0.1, -0.05) is 37.0 Å². The maximum Gasteiger partial charge on any atom is 0.328 e. The second-order valence-corrected chi connectivity index (χ2v) is 8.28. The van der Waals surface area contributed by atoms with Gasteiger partial charge >= 0.3 is 11.8 Å². The highest BCUT2D eigenvalue weighted by atomic mass is 35.5. The third kappa shape index (κ3) is 5.77. The molecule has 0 saturated heterocycles. The molecule has 1 aromatic heterocycles. The van der Waals surface area contributed by atoms with E-state index in [0.29, 0.717) is 39.1 Å². The van der Waals surface area contributed by atoms with Crippen LogP contribution >= 0.6 is 23.2 Å². The number of amides is 3. The number of carbonyl (C=O) groups is 3. The fraction of sp³-hybridized carbons (Fsp3) is 0.227. The second-order valence-electron chi connectivity index (χ2n) is 7.41. The third-order valence-electron chi connectivity index (χ3n) is 4.53. The van der Waals surface area contributed by atoms with Crippen LogP contribution < -0.4 is 16.1 Å². The summed E-state index contributed by atoms with van der Waals surface area (Å²) in [7, 11) is 0. The number of benzene rings is 2. The number of hydrogen-bond donors (Lipinski definition) is 3. The maximum atomic E-state index is 12.9. The summed E-state index contributed by atoms with van der Waals surface area (Å²) in [5, 5.41) is 6.98. The van der Waals surface area contributed by atoms with Crippen LogP contribution in [-0.2, 0) is 9.59 Å². The SMILES string of the molecule is CC(C)CCNC(=O)C(=O)Nn1c(C(=O)Nc2ccc(Cl)cc2)cc2cc(Cl)ccc21. The normalized spacial score (nSPS) is 10.9. The van der Waals surface area contributed by atoms with Gasteiger partial charge in [0.15, 0.2) is 0 Å². The highest BCUT2D eigenvalue weighted by Crippen LogP contribution is 2.24. The van der Waals surface area contributed by atoms with Crippen molar-refractivity contribution in [3.05, 3.63) is 64.3 Å². The smallest absolute Gasteiger partial charge is 0.328 e. The lowest BCUT2D eigenvalue weighted by atomic mass is 10.1. The first-order chi connectivity index (χ1) is 14.7. The molecule has 0 radical (unpaired) electrons. The summed E-state index contributed by atoms with van der Waals surface area (Å²) >= 11 is 12.0. The van der Waals surface area contributed by atoms with Gasteiger partial charge < -0.3 is 10.6 Å². The van der Waals surface area contributed by atoms with Crippen LogP contribution in [0.5, 0.6) is 0 Å². The number of anilines is 1. The molecule has 0 bridgehead atoms. The number of aromatic nitrogens is 1. The Bertz CT molecular complexity index is 1120. The van der Waals surface area contributed by atoms with Crippen molar-refractivity contribution >= 4 is 57.5 Å². The summed E-state index contributed by atoms with van der Waals surface area (Å²) in [6, 6.07) is 13.2. The number of carbonyl (C=O) groups excluding carboxylic acids is 3. The molecule has 31 heavy (non-hydrogen) atoms. The van der Waals surface area contributed by atoms with Crippen LogP contribution in [0, 0.1) is 5.92 Å². The van der Waals surface area contributed by atoms with E-state index in [4.69, 9.17) is 23.2 Å². The molecule has 7 nitrogen and oxygen atoms in total. The molecule has 0 aliphatic rings. The summed E-state index contributed by atoms with van der Waals surface area (Å²) in [6.07, 6.45) is 0.749. The van der Waals surface area contributed by atoms with Gasteiger partial charge in [0.05, 0.1) is 5.52 Å². The predicted octanol–water partition coefficient (Wildman–Crippen LogP) is 4.43. The monoisotopic (exact) mass is 460 g/mol. The Morgan fingerprint density at radius 2 is 1.61 bits per heavy atom. The zero-order valence-electron chi connectivity index (χ0n) is 17.0. The molecule has 2 aromatic carbocycles. The molecular weight excluding hydrogens is 439 g/mol. The van der Waals surface area contributed by atoms with Crippen LogP contribution in [0.15, 0.2) is 48.5 Å². The van der Waals surface area contributed by atoms with Crippen LogP contribution in [-0.4, -0.2) is 28.9 Å². The van der Waals surface area contributed by atoms with E-state index in [1.807, 2.05) is 13.8 Å². The highest BCUT2D eigenvalue weighted by Gasteiger charge is 2.21. The lowest BCUT2D eigenvalue weighted by Crippen LogP contribution is -2.40. The quantitative estimate of drug-likeness (QED) is 0.474. The molecule has 3 amide bonds. The lowest BCUT2D eigenvalue weighted by Gasteiger charge is -2.13. The average Bonchev–Trinajstić information content (AvgIpc) is 3.06. The maximum absolute atomic E-state index is 12.9. The predicted molar refractivity (Wildman–Crippen MR) is 123 cm³/mol. The number of hydrogen-bond acceptors (Lipinski definition) is 3. The Morgan fingerprint density at radius 1 is 0.935 bits per heavy atom. The summed E-state index contributed by atoms with van der Waals surface area (Å²) < 4.78 is 1.28. The average molecular weight is 461 g/mol. The van der Waals surface area contributed by atoms with Gasteiger partial charge in [0.1, 0.15) is 5.69 Å². The zero-order chi connectivity index (χ0) is 22.5. The van der Waals surface area contributed by atoms with E-state index < -0.39 is 17.7 Å². The van der Waals surface area contributed by atoms with E-state index in [1.165, 1.54) is 4.68 Å². The van der Waals surface area contributed by atoms with E-state index in [2.05, 4.69) is 16.1 Å². The van der Waals surface area contributed by atoms with Gasteiger partial charge in [0, 0.05) is 27.7 Å². The van der Waals surface area contributed by atoms with Crippen molar-refractivity contribution in [2.75, 3.05) is 17.3 Å².